The second-order valence-corrected chi connectivity index (χ2v) is 4.87. The molecule has 0 bridgehead atoms. The van der Waals surface area contributed by atoms with Crippen LogP contribution in [0.5, 0.6) is 11.5 Å². The Balaban J connectivity index is 1.93. The summed E-state index contributed by atoms with van der Waals surface area (Å²) in [5, 5.41) is 11.4. The van der Waals surface area contributed by atoms with E-state index in [1.54, 1.807) is 30.2 Å². The number of rotatable bonds is 5. The van der Waals surface area contributed by atoms with E-state index in [2.05, 4.69) is 5.32 Å². The quantitative estimate of drug-likeness (QED) is 0.862. The lowest BCUT2D eigenvalue weighted by Gasteiger charge is -2.38. The molecule has 0 saturated carbocycles. The van der Waals surface area contributed by atoms with Crippen molar-refractivity contribution in [2.24, 2.45) is 5.92 Å². The molecule has 1 saturated heterocycles. The first-order valence-electron chi connectivity index (χ1n) is 6.53. The van der Waals surface area contributed by atoms with Crippen molar-refractivity contribution in [1.82, 2.24) is 4.90 Å². The highest BCUT2D eigenvalue weighted by atomic mass is 16.5. The summed E-state index contributed by atoms with van der Waals surface area (Å²) in [5.74, 6) is 0.337. The summed E-state index contributed by atoms with van der Waals surface area (Å²) >= 11 is 0. The molecule has 1 heterocycles. The molecule has 0 spiro atoms. The van der Waals surface area contributed by atoms with Gasteiger partial charge in [-0.3, -0.25) is 4.79 Å². The minimum atomic E-state index is -0.836. The normalized spacial score (nSPS) is 14.3. The number of benzene rings is 1. The third-order valence-electron chi connectivity index (χ3n) is 3.36. The average Bonchev–Trinajstić information content (AvgIpc) is 2.42. The van der Waals surface area contributed by atoms with Gasteiger partial charge in [-0.1, -0.05) is 0 Å². The molecule has 7 heteroatoms. The predicted molar refractivity (Wildman–Crippen MR) is 75.9 cm³/mol. The lowest BCUT2D eigenvalue weighted by Crippen LogP contribution is -2.52. The molecule has 114 valence electrons. The predicted octanol–water partition coefficient (Wildman–Crippen LogP) is 1.64. The number of hydrogen-bond acceptors (Lipinski definition) is 4. The minimum Gasteiger partial charge on any atom is -0.497 e. The molecule has 2 amide bonds. The maximum absolute atomic E-state index is 12.0. The lowest BCUT2D eigenvalue weighted by atomic mass is 9.97. The molecule has 7 nitrogen and oxygen atoms in total. The fraction of sp³-hybridized carbons (Fsp3) is 0.429. The van der Waals surface area contributed by atoms with Crippen molar-refractivity contribution in [2.75, 3.05) is 32.6 Å². The maximum Gasteiger partial charge on any atom is 0.321 e. The first-order valence-corrected chi connectivity index (χ1v) is 6.53. The van der Waals surface area contributed by atoms with Crippen molar-refractivity contribution < 1.29 is 24.2 Å². The van der Waals surface area contributed by atoms with E-state index in [0.717, 1.165) is 0 Å². The summed E-state index contributed by atoms with van der Waals surface area (Å²) in [4.78, 5) is 24.2. The fourth-order valence-electron chi connectivity index (χ4n) is 2.21. The minimum absolute atomic E-state index is 0.0333. The highest BCUT2D eigenvalue weighted by molar-refractivity contribution is 5.91. The molecule has 0 radical (unpaired) electrons. The van der Waals surface area contributed by atoms with Gasteiger partial charge in [0, 0.05) is 25.1 Å². The first kappa shape index (κ1) is 15.0. The van der Waals surface area contributed by atoms with Crippen molar-refractivity contribution in [3.63, 3.8) is 0 Å². The standard InChI is InChI=1S/C14H18N2O5/c1-20-10-3-4-11(12(6-10)21-2)15-14(19)16-7-9(8-16)5-13(17)18/h3-4,6,9H,5,7-8H2,1-2H3,(H,15,19)(H,17,18). The maximum atomic E-state index is 12.0. The van der Waals surface area contributed by atoms with Crippen LogP contribution in [0.25, 0.3) is 0 Å². The Morgan fingerprint density at radius 2 is 2.05 bits per heavy atom. The van der Waals surface area contributed by atoms with E-state index in [-0.39, 0.29) is 18.4 Å². The van der Waals surface area contributed by atoms with Crippen LogP contribution in [0.15, 0.2) is 18.2 Å². The van der Waals surface area contributed by atoms with Gasteiger partial charge in [-0.2, -0.15) is 0 Å². The van der Waals surface area contributed by atoms with Gasteiger partial charge >= 0.3 is 12.0 Å². The van der Waals surface area contributed by atoms with Crippen molar-refractivity contribution >= 4 is 17.7 Å². The number of carboxylic acids is 1. The molecule has 0 unspecified atom stereocenters. The van der Waals surface area contributed by atoms with Crippen LogP contribution in [0.4, 0.5) is 10.5 Å². The molecule has 2 rings (SSSR count). The first-order chi connectivity index (χ1) is 10.0. The zero-order chi connectivity index (χ0) is 15.4. The van der Waals surface area contributed by atoms with Gasteiger partial charge in [0.05, 0.1) is 26.3 Å². The second-order valence-electron chi connectivity index (χ2n) is 4.87. The zero-order valence-electron chi connectivity index (χ0n) is 12.0. The zero-order valence-corrected chi connectivity index (χ0v) is 12.0. The summed E-state index contributed by atoms with van der Waals surface area (Å²) < 4.78 is 10.3. The molecule has 0 aromatic heterocycles. The van der Waals surface area contributed by atoms with Crippen molar-refractivity contribution in [2.45, 2.75) is 6.42 Å². The number of anilines is 1. The van der Waals surface area contributed by atoms with E-state index in [9.17, 15) is 9.59 Å². The third kappa shape index (κ3) is 3.56. The van der Waals surface area contributed by atoms with Crippen LogP contribution in [0.2, 0.25) is 0 Å². The second kappa shape index (κ2) is 6.34. The Hall–Kier alpha value is -2.44. The fourth-order valence-corrected chi connectivity index (χ4v) is 2.21. The molecule has 1 fully saturated rings. The molecule has 1 aromatic carbocycles. The summed E-state index contributed by atoms with van der Waals surface area (Å²) in [6.07, 6.45) is 0.0929. The largest absolute Gasteiger partial charge is 0.497 e. The number of urea groups is 1. The van der Waals surface area contributed by atoms with E-state index < -0.39 is 5.97 Å². The van der Waals surface area contributed by atoms with Crippen LogP contribution < -0.4 is 14.8 Å². The highest BCUT2D eigenvalue weighted by Gasteiger charge is 2.32. The average molecular weight is 294 g/mol. The molecular weight excluding hydrogens is 276 g/mol. The Labute approximate surface area is 122 Å². The lowest BCUT2D eigenvalue weighted by molar-refractivity contribution is -0.139. The van der Waals surface area contributed by atoms with Crippen LogP contribution in [0.3, 0.4) is 0 Å². The molecule has 0 aliphatic carbocycles. The number of hydrogen-bond donors (Lipinski definition) is 2. The van der Waals surface area contributed by atoms with Crippen LogP contribution in [0.1, 0.15) is 6.42 Å². The Kier molecular flexibility index (Phi) is 4.52. The van der Waals surface area contributed by atoms with E-state index in [0.29, 0.717) is 30.3 Å². The number of carbonyl (C=O) groups is 2. The molecule has 1 aliphatic rings. The number of nitrogens with zero attached hydrogens (tertiary/aromatic N) is 1. The van der Waals surface area contributed by atoms with Crippen molar-refractivity contribution in [3.8, 4) is 11.5 Å². The number of likely N-dealkylation sites (tertiary alicyclic amines) is 1. The van der Waals surface area contributed by atoms with E-state index in [1.807, 2.05) is 0 Å². The van der Waals surface area contributed by atoms with Gasteiger partial charge in [0.1, 0.15) is 11.5 Å². The molecular formula is C14H18N2O5. The van der Waals surface area contributed by atoms with Gasteiger partial charge in [-0.05, 0) is 12.1 Å². The Morgan fingerprint density at radius 1 is 1.33 bits per heavy atom. The van der Waals surface area contributed by atoms with Gasteiger partial charge in [0.15, 0.2) is 0 Å². The molecule has 2 N–H and O–H groups in total. The number of carboxylic acid groups (broad SMARTS) is 1. The highest BCUT2D eigenvalue weighted by Crippen LogP contribution is 2.30. The Bertz CT molecular complexity index is 540. The van der Waals surface area contributed by atoms with E-state index in [4.69, 9.17) is 14.6 Å². The molecule has 21 heavy (non-hydrogen) atoms. The molecule has 1 aliphatic heterocycles. The van der Waals surface area contributed by atoms with Crippen LogP contribution in [-0.2, 0) is 4.79 Å². The number of aliphatic carboxylic acids is 1. The van der Waals surface area contributed by atoms with Crippen LogP contribution in [-0.4, -0.2) is 49.3 Å². The summed E-state index contributed by atoms with van der Waals surface area (Å²) in [7, 11) is 3.06. The monoisotopic (exact) mass is 294 g/mol. The number of methoxy groups -OCH3 is 2. The van der Waals surface area contributed by atoms with Gasteiger partial charge in [-0.25, -0.2) is 4.79 Å². The van der Waals surface area contributed by atoms with Crippen LogP contribution in [0, 0.1) is 5.92 Å². The number of amides is 2. The van der Waals surface area contributed by atoms with Crippen molar-refractivity contribution in [3.05, 3.63) is 18.2 Å². The van der Waals surface area contributed by atoms with Crippen molar-refractivity contribution in [1.29, 1.82) is 0 Å². The van der Waals surface area contributed by atoms with E-state index in [1.165, 1.54) is 7.11 Å². The SMILES string of the molecule is COc1ccc(NC(=O)N2CC(CC(=O)O)C2)c(OC)c1. The molecule has 1 aromatic rings. The van der Waals surface area contributed by atoms with E-state index >= 15 is 0 Å². The smallest absolute Gasteiger partial charge is 0.321 e. The topological polar surface area (TPSA) is 88.1 Å². The van der Waals surface area contributed by atoms with Gasteiger partial charge < -0.3 is 24.8 Å². The third-order valence-corrected chi connectivity index (χ3v) is 3.36. The summed E-state index contributed by atoms with van der Waals surface area (Å²) in [5.41, 5.74) is 0.546. The summed E-state index contributed by atoms with van der Waals surface area (Å²) in [6.45, 7) is 0.910. The number of carbonyl (C=O) groups excluding carboxylic acids is 1. The summed E-state index contributed by atoms with van der Waals surface area (Å²) in [6, 6.07) is 4.84. The van der Waals surface area contributed by atoms with Gasteiger partial charge in [0.25, 0.3) is 0 Å². The van der Waals surface area contributed by atoms with Gasteiger partial charge in [0.2, 0.25) is 0 Å². The van der Waals surface area contributed by atoms with Gasteiger partial charge in [-0.15, -0.1) is 0 Å². The molecule has 0 atom stereocenters. The number of nitrogens with one attached hydrogen (secondary N) is 1. The van der Waals surface area contributed by atoms with Crippen LogP contribution >= 0.6 is 0 Å². The Morgan fingerprint density at radius 3 is 2.62 bits per heavy atom. The number of ether oxygens (including phenoxy) is 2.